The van der Waals surface area contributed by atoms with E-state index in [2.05, 4.69) is 22.4 Å². The van der Waals surface area contributed by atoms with Crippen LogP contribution < -0.4 is 5.32 Å². The van der Waals surface area contributed by atoms with Crippen molar-refractivity contribution in [1.29, 1.82) is 0 Å². The van der Waals surface area contributed by atoms with Crippen molar-refractivity contribution in [3.8, 4) is 0 Å². The second kappa shape index (κ2) is 3.87. The molecule has 0 bridgehead atoms. The average molecular weight is 180 g/mol. The highest BCUT2D eigenvalue weighted by Crippen LogP contribution is 2.18. The number of aromatic nitrogens is 3. The average Bonchev–Trinajstić information content (AvgIpc) is 2.49. The van der Waals surface area contributed by atoms with Gasteiger partial charge in [-0.15, -0.1) is 10.2 Å². The van der Waals surface area contributed by atoms with Crippen LogP contribution in [0, 0.1) is 0 Å². The first-order valence-electron chi connectivity index (χ1n) is 4.93. The summed E-state index contributed by atoms with van der Waals surface area (Å²) in [7, 11) is 0. The predicted molar refractivity (Wildman–Crippen MR) is 50.3 cm³/mol. The lowest BCUT2D eigenvalue weighted by Crippen LogP contribution is -2.42. The Kier molecular flexibility index (Phi) is 2.59. The third-order valence-corrected chi connectivity index (χ3v) is 2.58. The smallest absolute Gasteiger partial charge is 0.119 e. The maximum atomic E-state index is 3.77. The summed E-state index contributed by atoms with van der Waals surface area (Å²) in [6.45, 7) is 3.17. The fourth-order valence-corrected chi connectivity index (χ4v) is 1.66. The van der Waals surface area contributed by atoms with Crippen LogP contribution in [0.4, 0.5) is 0 Å². The summed E-state index contributed by atoms with van der Waals surface area (Å²) in [4.78, 5) is 0. The van der Waals surface area contributed by atoms with Crippen molar-refractivity contribution in [1.82, 2.24) is 20.1 Å². The van der Waals surface area contributed by atoms with Gasteiger partial charge in [-0.25, -0.2) is 0 Å². The zero-order valence-corrected chi connectivity index (χ0v) is 7.98. The largest absolute Gasteiger partial charge is 0.319 e. The Labute approximate surface area is 78.4 Å². The molecule has 72 valence electrons. The Morgan fingerprint density at radius 2 is 2.15 bits per heavy atom. The van der Waals surface area contributed by atoms with Gasteiger partial charge in [0.2, 0.25) is 0 Å². The molecular formula is C9H16N4. The van der Waals surface area contributed by atoms with Crippen molar-refractivity contribution in [2.24, 2.45) is 0 Å². The minimum Gasteiger partial charge on any atom is -0.319 e. The minimum absolute atomic E-state index is 0.515. The molecule has 0 aromatic carbocycles. The van der Waals surface area contributed by atoms with Gasteiger partial charge >= 0.3 is 0 Å². The topological polar surface area (TPSA) is 42.7 Å². The molecule has 1 unspecified atom stereocenters. The van der Waals surface area contributed by atoms with Crippen LogP contribution in [-0.2, 0) is 6.54 Å². The molecule has 1 aliphatic carbocycles. The highest BCUT2D eigenvalue weighted by Gasteiger charge is 2.18. The maximum absolute atomic E-state index is 3.77. The highest BCUT2D eigenvalue weighted by atomic mass is 15.2. The second-order valence-corrected chi connectivity index (χ2v) is 3.85. The van der Waals surface area contributed by atoms with E-state index in [-0.39, 0.29) is 0 Å². The van der Waals surface area contributed by atoms with Crippen LogP contribution >= 0.6 is 0 Å². The molecule has 1 aromatic rings. The molecule has 1 aliphatic rings. The number of nitrogens with zero attached hydrogens (tertiary/aromatic N) is 3. The van der Waals surface area contributed by atoms with Crippen molar-refractivity contribution < 1.29 is 0 Å². The van der Waals surface area contributed by atoms with Crippen LogP contribution in [0.2, 0.25) is 0 Å². The van der Waals surface area contributed by atoms with Crippen LogP contribution in [0.25, 0.3) is 0 Å². The van der Waals surface area contributed by atoms with E-state index in [9.17, 15) is 0 Å². The third kappa shape index (κ3) is 2.28. The summed E-state index contributed by atoms with van der Waals surface area (Å²) in [5, 5.41) is 11.1. The quantitative estimate of drug-likeness (QED) is 0.745. The molecule has 1 fully saturated rings. The van der Waals surface area contributed by atoms with Crippen LogP contribution in [0.15, 0.2) is 12.7 Å². The van der Waals surface area contributed by atoms with Gasteiger partial charge in [0, 0.05) is 18.6 Å². The summed E-state index contributed by atoms with van der Waals surface area (Å²) >= 11 is 0. The lowest BCUT2D eigenvalue weighted by Gasteiger charge is -2.30. The number of nitrogens with one attached hydrogen (secondary N) is 1. The Morgan fingerprint density at radius 1 is 1.46 bits per heavy atom. The monoisotopic (exact) mass is 180 g/mol. The number of rotatable bonds is 4. The van der Waals surface area contributed by atoms with Gasteiger partial charge in [0.15, 0.2) is 0 Å². The van der Waals surface area contributed by atoms with Gasteiger partial charge in [-0.2, -0.15) is 0 Å². The van der Waals surface area contributed by atoms with E-state index in [1.54, 1.807) is 12.7 Å². The molecule has 1 aromatic heterocycles. The van der Waals surface area contributed by atoms with Gasteiger partial charge in [-0.05, 0) is 19.8 Å². The van der Waals surface area contributed by atoms with Crippen molar-refractivity contribution in [2.45, 2.75) is 44.8 Å². The molecule has 1 heterocycles. The van der Waals surface area contributed by atoms with E-state index in [1.165, 1.54) is 19.3 Å². The maximum Gasteiger partial charge on any atom is 0.119 e. The van der Waals surface area contributed by atoms with Crippen LogP contribution in [-0.4, -0.2) is 26.8 Å². The van der Waals surface area contributed by atoms with E-state index in [0.717, 1.165) is 12.6 Å². The minimum atomic E-state index is 0.515. The van der Waals surface area contributed by atoms with Gasteiger partial charge in [0.05, 0.1) is 0 Å². The second-order valence-electron chi connectivity index (χ2n) is 3.85. The highest BCUT2D eigenvalue weighted by molar-refractivity contribution is 4.79. The molecule has 0 aliphatic heterocycles. The van der Waals surface area contributed by atoms with Crippen LogP contribution in [0.3, 0.4) is 0 Å². The molecule has 1 N–H and O–H groups in total. The molecule has 0 saturated heterocycles. The molecule has 0 spiro atoms. The van der Waals surface area contributed by atoms with Crippen LogP contribution in [0.1, 0.15) is 26.2 Å². The molecule has 4 heteroatoms. The first kappa shape index (κ1) is 8.69. The first-order chi connectivity index (χ1) is 6.34. The zero-order valence-electron chi connectivity index (χ0n) is 7.98. The fraction of sp³-hybridized carbons (Fsp3) is 0.778. The lowest BCUT2D eigenvalue weighted by molar-refractivity contribution is 0.297. The third-order valence-electron chi connectivity index (χ3n) is 2.58. The standard InChI is InChI=1S/C9H16N4/c1-8(12-9-3-2-4-9)5-13-6-10-11-7-13/h6-9,12H,2-5H2,1H3. The van der Waals surface area contributed by atoms with E-state index in [0.29, 0.717) is 6.04 Å². The fourth-order valence-electron chi connectivity index (χ4n) is 1.66. The van der Waals surface area contributed by atoms with Crippen molar-refractivity contribution in [3.63, 3.8) is 0 Å². The Morgan fingerprint density at radius 3 is 2.69 bits per heavy atom. The summed E-state index contributed by atoms with van der Waals surface area (Å²) in [5.41, 5.74) is 0. The van der Waals surface area contributed by atoms with Gasteiger partial charge in [-0.3, -0.25) is 0 Å². The van der Waals surface area contributed by atoms with Gasteiger partial charge in [0.25, 0.3) is 0 Å². The Bertz CT molecular complexity index is 240. The van der Waals surface area contributed by atoms with E-state index < -0.39 is 0 Å². The summed E-state index contributed by atoms with van der Waals surface area (Å²) < 4.78 is 2.01. The van der Waals surface area contributed by atoms with Crippen molar-refractivity contribution in [3.05, 3.63) is 12.7 Å². The summed E-state index contributed by atoms with van der Waals surface area (Å²) in [5.74, 6) is 0. The number of hydrogen-bond donors (Lipinski definition) is 1. The number of hydrogen-bond acceptors (Lipinski definition) is 3. The molecule has 13 heavy (non-hydrogen) atoms. The Hall–Kier alpha value is -0.900. The molecule has 1 saturated carbocycles. The van der Waals surface area contributed by atoms with Crippen molar-refractivity contribution in [2.75, 3.05) is 0 Å². The molecule has 2 rings (SSSR count). The molecular weight excluding hydrogens is 164 g/mol. The SMILES string of the molecule is CC(Cn1cnnc1)NC1CCC1. The molecule has 1 atom stereocenters. The molecule has 0 radical (unpaired) electrons. The normalized spacial score (nSPS) is 19.8. The van der Waals surface area contributed by atoms with Gasteiger partial charge in [0.1, 0.15) is 12.7 Å². The lowest BCUT2D eigenvalue weighted by atomic mass is 9.92. The van der Waals surface area contributed by atoms with E-state index in [1.807, 2.05) is 4.57 Å². The van der Waals surface area contributed by atoms with Crippen molar-refractivity contribution >= 4 is 0 Å². The molecule has 0 amide bonds. The van der Waals surface area contributed by atoms with E-state index in [4.69, 9.17) is 0 Å². The van der Waals surface area contributed by atoms with Gasteiger partial charge < -0.3 is 9.88 Å². The summed E-state index contributed by atoms with van der Waals surface area (Å²) in [6.07, 6.45) is 7.59. The molecule has 4 nitrogen and oxygen atoms in total. The van der Waals surface area contributed by atoms with Gasteiger partial charge in [-0.1, -0.05) is 6.42 Å². The predicted octanol–water partition coefficient (Wildman–Crippen LogP) is 0.809. The van der Waals surface area contributed by atoms with Crippen LogP contribution in [0.5, 0.6) is 0 Å². The first-order valence-corrected chi connectivity index (χ1v) is 4.93. The Balaban J connectivity index is 1.74. The zero-order chi connectivity index (χ0) is 9.10. The summed E-state index contributed by atoms with van der Waals surface area (Å²) in [6, 6.07) is 1.27. The van der Waals surface area contributed by atoms with E-state index >= 15 is 0 Å².